The van der Waals surface area contributed by atoms with E-state index in [0.29, 0.717) is 0 Å². The van der Waals surface area contributed by atoms with E-state index in [4.69, 9.17) is 0 Å². The molecule has 1 aliphatic heterocycles. The summed E-state index contributed by atoms with van der Waals surface area (Å²) in [5.41, 5.74) is 1.10. The van der Waals surface area contributed by atoms with E-state index in [-0.39, 0.29) is 6.03 Å². The Hall–Kier alpha value is -1.36. The van der Waals surface area contributed by atoms with Gasteiger partial charge in [-0.2, -0.15) is 0 Å². The molecule has 0 bridgehead atoms. The lowest BCUT2D eigenvalue weighted by molar-refractivity contribution is 0.219. The Morgan fingerprint density at radius 2 is 2.18 bits per heavy atom. The maximum Gasteiger partial charge on any atom is 0.317 e. The summed E-state index contributed by atoms with van der Waals surface area (Å²) >= 11 is 1.73. The molecule has 0 atom stereocenters. The summed E-state index contributed by atoms with van der Waals surface area (Å²) in [7, 11) is 0. The van der Waals surface area contributed by atoms with Crippen molar-refractivity contribution < 1.29 is 4.79 Å². The second-order valence-corrected chi connectivity index (χ2v) is 4.75. The van der Waals surface area contributed by atoms with Crippen LogP contribution in [0.1, 0.15) is 0 Å². The van der Waals surface area contributed by atoms with Gasteiger partial charge in [0.05, 0.1) is 0 Å². The van der Waals surface area contributed by atoms with Gasteiger partial charge in [-0.25, -0.2) is 4.79 Å². The molecule has 0 radical (unpaired) electrons. The van der Waals surface area contributed by atoms with Gasteiger partial charge >= 0.3 is 6.03 Å². The van der Waals surface area contributed by atoms with Crippen molar-refractivity contribution in [2.24, 2.45) is 0 Å². The van der Waals surface area contributed by atoms with Gasteiger partial charge in [0.25, 0.3) is 0 Å². The number of benzene rings is 1. The SMILES string of the molecule is CSc1ccc(NCCN2CCNC2=O)cc1. The lowest BCUT2D eigenvalue weighted by Gasteiger charge is -2.14. The molecule has 2 rings (SSSR count). The highest BCUT2D eigenvalue weighted by Crippen LogP contribution is 2.17. The topological polar surface area (TPSA) is 44.4 Å². The van der Waals surface area contributed by atoms with Gasteiger partial charge in [0.15, 0.2) is 0 Å². The van der Waals surface area contributed by atoms with E-state index in [2.05, 4.69) is 41.2 Å². The molecule has 1 aromatic carbocycles. The van der Waals surface area contributed by atoms with E-state index in [1.807, 2.05) is 4.90 Å². The van der Waals surface area contributed by atoms with Crippen LogP contribution in [0.25, 0.3) is 0 Å². The third-order valence-corrected chi connectivity index (χ3v) is 3.49. The second kappa shape index (κ2) is 5.82. The monoisotopic (exact) mass is 251 g/mol. The number of rotatable bonds is 5. The third kappa shape index (κ3) is 3.30. The predicted octanol–water partition coefficient (Wildman–Crippen LogP) is 1.85. The van der Waals surface area contributed by atoms with Crippen LogP contribution >= 0.6 is 11.8 Å². The van der Waals surface area contributed by atoms with Crippen molar-refractivity contribution in [3.8, 4) is 0 Å². The van der Waals surface area contributed by atoms with E-state index in [9.17, 15) is 4.79 Å². The Labute approximate surface area is 106 Å². The Morgan fingerprint density at radius 1 is 1.41 bits per heavy atom. The van der Waals surface area contributed by atoms with Gasteiger partial charge in [0.2, 0.25) is 0 Å². The van der Waals surface area contributed by atoms with Crippen LogP contribution in [0.5, 0.6) is 0 Å². The quantitative estimate of drug-likeness (QED) is 0.785. The highest BCUT2D eigenvalue weighted by atomic mass is 32.2. The average molecular weight is 251 g/mol. The van der Waals surface area contributed by atoms with E-state index in [1.165, 1.54) is 4.90 Å². The smallest absolute Gasteiger partial charge is 0.317 e. The van der Waals surface area contributed by atoms with Crippen LogP contribution < -0.4 is 10.6 Å². The summed E-state index contributed by atoms with van der Waals surface area (Å²) in [6.07, 6.45) is 2.06. The Morgan fingerprint density at radius 3 is 2.76 bits per heavy atom. The first-order valence-corrected chi connectivity index (χ1v) is 6.93. The first-order chi connectivity index (χ1) is 8.29. The van der Waals surface area contributed by atoms with Crippen molar-refractivity contribution in [3.05, 3.63) is 24.3 Å². The fourth-order valence-corrected chi connectivity index (χ4v) is 2.18. The summed E-state index contributed by atoms with van der Waals surface area (Å²) in [4.78, 5) is 14.4. The van der Waals surface area contributed by atoms with Crippen molar-refractivity contribution in [1.82, 2.24) is 10.2 Å². The first kappa shape index (κ1) is 12.1. The summed E-state index contributed by atoms with van der Waals surface area (Å²) in [6, 6.07) is 8.36. The molecule has 1 aliphatic rings. The number of carbonyl (C=O) groups excluding carboxylic acids is 1. The fraction of sp³-hybridized carbons (Fsp3) is 0.417. The van der Waals surface area contributed by atoms with Crippen molar-refractivity contribution in [3.63, 3.8) is 0 Å². The minimum Gasteiger partial charge on any atom is -0.383 e. The number of hydrogen-bond acceptors (Lipinski definition) is 3. The molecule has 2 amide bonds. The predicted molar refractivity (Wildman–Crippen MR) is 71.7 cm³/mol. The number of nitrogens with one attached hydrogen (secondary N) is 2. The summed E-state index contributed by atoms with van der Waals surface area (Å²) in [5.74, 6) is 0. The lowest BCUT2D eigenvalue weighted by Crippen LogP contribution is -2.32. The van der Waals surface area contributed by atoms with Crippen LogP contribution in [0.15, 0.2) is 29.2 Å². The van der Waals surface area contributed by atoms with Gasteiger partial charge < -0.3 is 15.5 Å². The molecule has 5 heteroatoms. The third-order valence-electron chi connectivity index (χ3n) is 2.75. The zero-order valence-corrected chi connectivity index (χ0v) is 10.7. The van der Waals surface area contributed by atoms with Crippen LogP contribution in [-0.4, -0.2) is 43.4 Å². The second-order valence-electron chi connectivity index (χ2n) is 3.87. The number of hydrogen-bond donors (Lipinski definition) is 2. The number of urea groups is 1. The average Bonchev–Trinajstić information content (AvgIpc) is 2.76. The van der Waals surface area contributed by atoms with Crippen LogP contribution in [0.4, 0.5) is 10.5 Å². The molecule has 17 heavy (non-hydrogen) atoms. The molecule has 0 aromatic heterocycles. The molecule has 1 saturated heterocycles. The molecule has 0 spiro atoms. The van der Waals surface area contributed by atoms with Gasteiger partial charge in [-0.05, 0) is 30.5 Å². The summed E-state index contributed by atoms with van der Waals surface area (Å²) in [5, 5.41) is 6.10. The van der Waals surface area contributed by atoms with Crippen molar-refractivity contribution in [1.29, 1.82) is 0 Å². The Balaban J connectivity index is 1.75. The largest absolute Gasteiger partial charge is 0.383 e. The molecule has 4 nitrogen and oxygen atoms in total. The molecule has 0 unspecified atom stereocenters. The maximum absolute atomic E-state index is 11.3. The highest BCUT2D eigenvalue weighted by Gasteiger charge is 2.17. The van der Waals surface area contributed by atoms with Crippen LogP contribution in [0.3, 0.4) is 0 Å². The van der Waals surface area contributed by atoms with E-state index in [1.54, 1.807) is 11.8 Å². The van der Waals surface area contributed by atoms with Gasteiger partial charge in [0.1, 0.15) is 0 Å². The number of thioether (sulfide) groups is 1. The van der Waals surface area contributed by atoms with Crippen molar-refractivity contribution >= 4 is 23.5 Å². The molecule has 1 heterocycles. The minimum absolute atomic E-state index is 0.0459. The summed E-state index contributed by atoms with van der Waals surface area (Å²) in [6.45, 7) is 3.11. The highest BCUT2D eigenvalue weighted by molar-refractivity contribution is 7.98. The molecule has 1 aromatic rings. The Kier molecular flexibility index (Phi) is 4.14. The standard InChI is InChI=1S/C12H17N3OS/c1-17-11-4-2-10(3-5-11)13-6-8-15-9-7-14-12(15)16/h2-5,13H,6-9H2,1H3,(H,14,16). The van der Waals surface area contributed by atoms with Crippen LogP contribution in [0.2, 0.25) is 0 Å². The van der Waals surface area contributed by atoms with Crippen LogP contribution in [-0.2, 0) is 0 Å². The number of anilines is 1. The van der Waals surface area contributed by atoms with Gasteiger partial charge in [-0.1, -0.05) is 0 Å². The molecule has 0 aliphatic carbocycles. The van der Waals surface area contributed by atoms with Crippen molar-refractivity contribution in [2.45, 2.75) is 4.90 Å². The van der Waals surface area contributed by atoms with E-state index < -0.39 is 0 Å². The molecular weight excluding hydrogens is 234 g/mol. The normalized spacial score (nSPS) is 14.9. The van der Waals surface area contributed by atoms with E-state index in [0.717, 1.165) is 31.9 Å². The van der Waals surface area contributed by atoms with E-state index >= 15 is 0 Å². The molecule has 2 N–H and O–H groups in total. The molecule has 0 saturated carbocycles. The minimum atomic E-state index is 0.0459. The number of nitrogens with zero attached hydrogens (tertiary/aromatic N) is 1. The zero-order chi connectivity index (χ0) is 12.1. The Bertz CT molecular complexity index is 380. The van der Waals surface area contributed by atoms with Gasteiger partial charge in [-0.3, -0.25) is 0 Å². The lowest BCUT2D eigenvalue weighted by atomic mass is 10.3. The number of carbonyl (C=O) groups is 1. The maximum atomic E-state index is 11.3. The van der Waals surface area contributed by atoms with Gasteiger partial charge in [0, 0.05) is 36.8 Å². The first-order valence-electron chi connectivity index (χ1n) is 5.70. The fourth-order valence-electron chi connectivity index (χ4n) is 1.77. The van der Waals surface area contributed by atoms with Crippen LogP contribution in [0, 0.1) is 0 Å². The molecule has 1 fully saturated rings. The summed E-state index contributed by atoms with van der Waals surface area (Å²) < 4.78 is 0. The molecule has 92 valence electrons. The molecular formula is C12H17N3OS. The van der Waals surface area contributed by atoms with Crippen molar-refractivity contribution in [2.75, 3.05) is 37.8 Å². The van der Waals surface area contributed by atoms with Gasteiger partial charge in [-0.15, -0.1) is 11.8 Å². The number of amides is 2. The zero-order valence-electron chi connectivity index (χ0n) is 9.90.